The van der Waals surface area contributed by atoms with Crippen LogP contribution in [0.3, 0.4) is 0 Å². The first kappa shape index (κ1) is 15.7. The summed E-state index contributed by atoms with van der Waals surface area (Å²) in [6.07, 6.45) is 0.787. The van der Waals surface area contributed by atoms with Crippen molar-refractivity contribution >= 4 is 45.2 Å². The molecule has 122 valence electrons. The molecule has 0 unspecified atom stereocenters. The van der Waals surface area contributed by atoms with Gasteiger partial charge in [-0.1, -0.05) is 17.7 Å². The Kier molecular flexibility index (Phi) is 4.07. The molecule has 3 heterocycles. The molecule has 1 aliphatic heterocycles. The molecule has 0 saturated heterocycles. The van der Waals surface area contributed by atoms with Gasteiger partial charge in [-0.05, 0) is 39.0 Å². The van der Waals surface area contributed by atoms with E-state index in [0.717, 1.165) is 16.7 Å². The van der Waals surface area contributed by atoms with Gasteiger partial charge < -0.3 is 14.0 Å². The van der Waals surface area contributed by atoms with Crippen molar-refractivity contribution in [2.24, 2.45) is 0 Å². The molecular formula is C16H10BrClN2O3S. The number of carbonyl (C=O) groups is 1. The van der Waals surface area contributed by atoms with Gasteiger partial charge >= 0.3 is 0 Å². The van der Waals surface area contributed by atoms with E-state index in [1.165, 1.54) is 0 Å². The van der Waals surface area contributed by atoms with E-state index in [9.17, 15) is 4.79 Å². The molecule has 24 heavy (non-hydrogen) atoms. The van der Waals surface area contributed by atoms with Gasteiger partial charge in [-0.3, -0.25) is 4.79 Å². The van der Waals surface area contributed by atoms with Crippen LogP contribution in [0.2, 0.25) is 5.02 Å². The first-order valence-electron chi connectivity index (χ1n) is 7.00. The Morgan fingerprint density at radius 3 is 2.88 bits per heavy atom. The van der Waals surface area contributed by atoms with Gasteiger partial charge in [0.1, 0.15) is 10.3 Å². The summed E-state index contributed by atoms with van der Waals surface area (Å²) in [6.45, 7) is 0.584. The van der Waals surface area contributed by atoms with Crippen LogP contribution >= 0.6 is 38.9 Å². The minimum Gasteiger partial charge on any atom is -0.454 e. The maximum absolute atomic E-state index is 11.5. The standard InChI is InChI=1S/C16H10BrClN2O3S/c17-15-11(7-21)20(16(19-15)14-2-1-3-24-14)6-9-4-12-13(5-10(9)18)23-8-22-12/h1-5,7H,6,8H2. The van der Waals surface area contributed by atoms with E-state index in [-0.39, 0.29) is 6.79 Å². The van der Waals surface area contributed by atoms with Crippen molar-refractivity contribution in [1.29, 1.82) is 0 Å². The second-order valence-electron chi connectivity index (χ2n) is 5.09. The van der Waals surface area contributed by atoms with Crippen molar-refractivity contribution < 1.29 is 14.3 Å². The summed E-state index contributed by atoms with van der Waals surface area (Å²) in [4.78, 5) is 17.0. The third kappa shape index (κ3) is 2.62. The van der Waals surface area contributed by atoms with Gasteiger partial charge in [0.2, 0.25) is 6.79 Å². The molecule has 5 nitrogen and oxygen atoms in total. The van der Waals surface area contributed by atoms with E-state index in [4.69, 9.17) is 21.1 Å². The Balaban J connectivity index is 1.81. The molecule has 0 N–H and O–H groups in total. The Labute approximate surface area is 154 Å². The predicted molar refractivity (Wildman–Crippen MR) is 95.3 cm³/mol. The van der Waals surface area contributed by atoms with Crippen molar-refractivity contribution in [3.05, 3.63) is 50.5 Å². The van der Waals surface area contributed by atoms with Crippen LogP contribution < -0.4 is 9.47 Å². The number of benzene rings is 1. The third-order valence-corrected chi connectivity index (χ3v) is 5.49. The monoisotopic (exact) mass is 424 g/mol. The first-order valence-corrected chi connectivity index (χ1v) is 9.05. The van der Waals surface area contributed by atoms with Crippen molar-refractivity contribution in [2.75, 3.05) is 6.79 Å². The molecule has 3 aromatic rings. The molecule has 0 amide bonds. The Hall–Kier alpha value is -1.83. The van der Waals surface area contributed by atoms with Crippen LogP contribution in [0.4, 0.5) is 0 Å². The fourth-order valence-electron chi connectivity index (χ4n) is 2.55. The number of fused-ring (bicyclic) bond motifs is 1. The van der Waals surface area contributed by atoms with Gasteiger partial charge in [0.05, 0.1) is 11.4 Å². The Morgan fingerprint density at radius 1 is 1.38 bits per heavy atom. The van der Waals surface area contributed by atoms with Gasteiger partial charge in [-0.25, -0.2) is 4.98 Å². The molecule has 0 saturated carbocycles. The normalized spacial score (nSPS) is 12.6. The van der Waals surface area contributed by atoms with Gasteiger partial charge in [0.25, 0.3) is 0 Å². The average Bonchev–Trinajstić information content (AvgIpc) is 3.28. The van der Waals surface area contributed by atoms with Crippen LogP contribution in [-0.4, -0.2) is 22.6 Å². The number of imidazole rings is 1. The van der Waals surface area contributed by atoms with E-state index in [1.807, 2.05) is 28.1 Å². The lowest BCUT2D eigenvalue weighted by Crippen LogP contribution is -2.06. The summed E-state index contributed by atoms with van der Waals surface area (Å²) >= 11 is 11.3. The molecule has 0 fully saturated rings. The van der Waals surface area contributed by atoms with E-state index in [2.05, 4.69) is 20.9 Å². The number of nitrogens with zero attached hydrogens (tertiary/aromatic N) is 2. The molecule has 8 heteroatoms. The number of halogens is 2. The highest BCUT2D eigenvalue weighted by Gasteiger charge is 2.21. The summed E-state index contributed by atoms with van der Waals surface area (Å²) in [6, 6.07) is 7.48. The number of hydrogen-bond donors (Lipinski definition) is 0. The highest BCUT2D eigenvalue weighted by Crippen LogP contribution is 2.38. The number of thiophene rings is 1. The van der Waals surface area contributed by atoms with Crippen molar-refractivity contribution in [2.45, 2.75) is 6.54 Å². The molecule has 0 aliphatic carbocycles. The van der Waals surface area contributed by atoms with Gasteiger partial charge in [0.15, 0.2) is 23.6 Å². The summed E-state index contributed by atoms with van der Waals surface area (Å²) in [5, 5.41) is 2.52. The highest BCUT2D eigenvalue weighted by atomic mass is 79.9. The van der Waals surface area contributed by atoms with E-state index in [0.29, 0.717) is 39.2 Å². The lowest BCUT2D eigenvalue weighted by molar-refractivity contribution is 0.111. The minimum atomic E-state index is 0.186. The van der Waals surface area contributed by atoms with Crippen LogP contribution in [0.5, 0.6) is 11.5 Å². The number of aldehydes is 1. The zero-order valence-electron chi connectivity index (χ0n) is 12.2. The maximum atomic E-state index is 11.5. The average molecular weight is 426 g/mol. The van der Waals surface area contributed by atoms with Crippen LogP contribution in [-0.2, 0) is 6.54 Å². The number of rotatable bonds is 4. The molecular weight excluding hydrogens is 416 g/mol. The molecule has 4 rings (SSSR count). The zero-order valence-corrected chi connectivity index (χ0v) is 15.3. The third-order valence-electron chi connectivity index (χ3n) is 3.69. The Morgan fingerprint density at radius 2 is 2.17 bits per heavy atom. The van der Waals surface area contributed by atoms with Crippen molar-refractivity contribution in [3.8, 4) is 22.2 Å². The van der Waals surface area contributed by atoms with E-state index in [1.54, 1.807) is 17.4 Å². The number of carbonyl (C=O) groups excluding carboxylic acids is 1. The predicted octanol–water partition coefficient (Wildman–Crippen LogP) is 4.62. The number of aromatic nitrogens is 2. The van der Waals surface area contributed by atoms with Crippen LogP contribution in [0.25, 0.3) is 10.7 Å². The molecule has 1 aliphatic rings. The molecule has 0 spiro atoms. The van der Waals surface area contributed by atoms with Crippen LogP contribution in [0.15, 0.2) is 34.2 Å². The largest absolute Gasteiger partial charge is 0.454 e. The summed E-state index contributed by atoms with van der Waals surface area (Å²) < 4.78 is 13.1. The topological polar surface area (TPSA) is 53.4 Å². The lowest BCUT2D eigenvalue weighted by atomic mass is 10.2. The lowest BCUT2D eigenvalue weighted by Gasteiger charge is -2.11. The first-order chi connectivity index (χ1) is 11.7. The van der Waals surface area contributed by atoms with Crippen molar-refractivity contribution in [1.82, 2.24) is 9.55 Å². The second kappa shape index (κ2) is 6.23. The molecule has 0 bridgehead atoms. The molecule has 1 aromatic carbocycles. The van der Waals surface area contributed by atoms with E-state index < -0.39 is 0 Å². The van der Waals surface area contributed by atoms with Crippen molar-refractivity contribution in [3.63, 3.8) is 0 Å². The Bertz CT molecular complexity index is 924. The summed E-state index contributed by atoms with van der Waals surface area (Å²) in [7, 11) is 0. The van der Waals surface area contributed by atoms with Gasteiger partial charge in [0, 0.05) is 11.1 Å². The smallest absolute Gasteiger partial charge is 0.231 e. The summed E-state index contributed by atoms with van der Waals surface area (Å²) in [5.74, 6) is 2.00. The fourth-order valence-corrected chi connectivity index (χ4v) is 3.96. The van der Waals surface area contributed by atoms with Gasteiger partial charge in [-0.2, -0.15) is 0 Å². The number of ether oxygens (including phenoxy) is 2. The van der Waals surface area contributed by atoms with E-state index >= 15 is 0 Å². The van der Waals surface area contributed by atoms with Crippen LogP contribution in [0, 0.1) is 0 Å². The SMILES string of the molecule is O=Cc1c(Br)nc(-c2cccs2)n1Cc1cc2c(cc1Cl)OCO2. The quantitative estimate of drug-likeness (QED) is 0.573. The van der Waals surface area contributed by atoms with Gasteiger partial charge in [-0.15, -0.1) is 11.3 Å². The maximum Gasteiger partial charge on any atom is 0.231 e. The van der Waals surface area contributed by atoms with Crippen LogP contribution in [0.1, 0.15) is 16.1 Å². The minimum absolute atomic E-state index is 0.186. The summed E-state index contributed by atoms with van der Waals surface area (Å²) in [5.41, 5.74) is 1.29. The molecule has 0 radical (unpaired) electrons. The fraction of sp³-hybridized carbons (Fsp3) is 0.125. The zero-order chi connectivity index (χ0) is 16.7. The number of hydrogen-bond acceptors (Lipinski definition) is 5. The highest BCUT2D eigenvalue weighted by molar-refractivity contribution is 9.10. The second-order valence-corrected chi connectivity index (χ2v) is 7.20. The molecule has 2 aromatic heterocycles. The molecule has 0 atom stereocenters.